The van der Waals surface area contributed by atoms with Gasteiger partial charge in [0.2, 0.25) is 5.91 Å². The lowest BCUT2D eigenvalue weighted by molar-refractivity contribution is -0.384. The minimum atomic E-state index is -1.62. The van der Waals surface area contributed by atoms with Crippen LogP contribution < -0.4 is 10.6 Å². The number of halogens is 1. The Kier molecular flexibility index (Phi) is 4.00. The highest BCUT2D eigenvalue weighted by atomic mass is 19.1. The normalized spacial score (nSPS) is 10.0. The monoisotopic (exact) mass is 271 g/mol. The first-order chi connectivity index (χ1) is 8.73. The number of likely N-dealkylation sites (N-methyl/N-ethyl adjacent to an activating group) is 1. The molecule has 102 valence electrons. The van der Waals surface area contributed by atoms with E-state index in [1.54, 1.807) is 0 Å². The van der Waals surface area contributed by atoms with Gasteiger partial charge in [0.1, 0.15) is 17.1 Å². The minimum Gasteiger partial charge on any atom is -0.478 e. The number of primary amides is 1. The number of amides is 1. The molecule has 1 rings (SSSR count). The maximum absolute atomic E-state index is 13.5. The number of nitrogens with two attached hydrogens (primary N) is 1. The van der Waals surface area contributed by atoms with Crippen molar-refractivity contribution in [2.75, 3.05) is 18.5 Å². The van der Waals surface area contributed by atoms with Crippen LogP contribution in [0.5, 0.6) is 0 Å². The maximum Gasteiger partial charge on any atom is 0.338 e. The largest absolute Gasteiger partial charge is 0.478 e. The SMILES string of the molecule is CN(CC(N)=O)c1cc(F)c(C(=O)O)cc1[N+](=O)[O-]. The molecule has 3 N–H and O–H groups in total. The van der Waals surface area contributed by atoms with E-state index in [1.165, 1.54) is 7.05 Å². The topological polar surface area (TPSA) is 127 Å². The van der Waals surface area contributed by atoms with Crippen molar-refractivity contribution < 1.29 is 24.0 Å². The van der Waals surface area contributed by atoms with E-state index in [2.05, 4.69) is 0 Å². The molecular formula is C10H10FN3O5. The number of nitro benzene ring substituents is 1. The smallest absolute Gasteiger partial charge is 0.338 e. The van der Waals surface area contributed by atoms with Crippen LogP contribution in [-0.4, -0.2) is 35.5 Å². The van der Waals surface area contributed by atoms with Crippen molar-refractivity contribution in [2.24, 2.45) is 5.73 Å². The molecule has 0 radical (unpaired) electrons. The molecule has 1 amide bonds. The molecule has 1 aromatic carbocycles. The van der Waals surface area contributed by atoms with Crippen molar-refractivity contribution in [3.8, 4) is 0 Å². The van der Waals surface area contributed by atoms with E-state index in [4.69, 9.17) is 10.8 Å². The van der Waals surface area contributed by atoms with Crippen LogP contribution in [0.3, 0.4) is 0 Å². The van der Waals surface area contributed by atoms with Gasteiger partial charge in [-0.2, -0.15) is 0 Å². The minimum absolute atomic E-state index is 0.230. The Balaban J connectivity index is 3.38. The van der Waals surface area contributed by atoms with Gasteiger partial charge < -0.3 is 15.7 Å². The zero-order valence-electron chi connectivity index (χ0n) is 9.79. The first-order valence-corrected chi connectivity index (χ1v) is 4.94. The van der Waals surface area contributed by atoms with Gasteiger partial charge in [-0.25, -0.2) is 9.18 Å². The first-order valence-electron chi connectivity index (χ1n) is 4.94. The van der Waals surface area contributed by atoms with E-state index in [0.29, 0.717) is 12.1 Å². The Labute approximate surface area is 106 Å². The predicted molar refractivity (Wildman–Crippen MR) is 62.5 cm³/mol. The zero-order valence-corrected chi connectivity index (χ0v) is 9.79. The van der Waals surface area contributed by atoms with Crippen molar-refractivity contribution >= 4 is 23.3 Å². The third-order valence-electron chi connectivity index (χ3n) is 2.30. The van der Waals surface area contributed by atoms with Crippen LogP contribution in [-0.2, 0) is 4.79 Å². The molecule has 0 spiro atoms. The van der Waals surface area contributed by atoms with Crippen LogP contribution in [0.2, 0.25) is 0 Å². The van der Waals surface area contributed by atoms with E-state index in [1.807, 2.05) is 0 Å². The summed E-state index contributed by atoms with van der Waals surface area (Å²) in [5.41, 5.74) is 3.27. The van der Waals surface area contributed by atoms with Crippen LogP contribution in [0.15, 0.2) is 12.1 Å². The van der Waals surface area contributed by atoms with Gasteiger partial charge in [0.05, 0.1) is 11.5 Å². The molecule has 0 unspecified atom stereocenters. The number of carboxylic acid groups (broad SMARTS) is 1. The van der Waals surface area contributed by atoms with Crippen LogP contribution in [0.4, 0.5) is 15.8 Å². The summed E-state index contributed by atoms with van der Waals surface area (Å²) < 4.78 is 13.5. The number of carboxylic acids is 1. The summed E-state index contributed by atoms with van der Waals surface area (Å²) in [5, 5.41) is 19.5. The van der Waals surface area contributed by atoms with Crippen LogP contribution in [0, 0.1) is 15.9 Å². The Morgan fingerprint density at radius 1 is 1.53 bits per heavy atom. The van der Waals surface area contributed by atoms with Crippen molar-refractivity contribution in [1.82, 2.24) is 0 Å². The quantitative estimate of drug-likeness (QED) is 0.587. The van der Waals surface area contributed by atoms with E-state index >= 15 is 0 Å². The molecule has 1 aromatic rings. The Hall–Kier alpha value is -2.71. The van der Waals surface area contributed by atoms with E-state index in [-0.39, 0.29) is 12.2 Å². The standard InChI is InChI=1S/C10H10FN3O5/c1-13(4-9(12)15)7-3-6(11)5(10(16)17)2-8(7)14(18)19/h2-3H,4H2,1H3,(H2,12,15)(H,16,17). The third kappa shape index (κ3) is 3.15. The summed E-state index contributed by atoms with van der Waals surface area (Å²) in [6.45, 7) is -0.368. The summed E-state index contributed by atoms with van der Waals surface area (Å²) in [6.07, 6.45) is 0. The van der Waals surface area contributed by atoms with Gasteiger partial charge in [-0.05, 0) is 0 Å². The van der Waals surface area contributed by atoms with Crippen molar-refractivity contribution in [3.63, 3.8) is 0 Å². The molecule has 0 heterocycles. The fourth-order valence-corrected chi connectivity index (χ4v) is 1.49. The lowest BCUT2D eigenvalue weighted by Crippen LogP contribution is -2.31. The highest BCUT2D eigenvalue weighted by Crippen LogP contribution is 2.30. The molecule has 0 aliphatic rings. The van der Waals surface area contributed by atoms with Crippen LogP contribution in [0.1, 0.15) is 10.4 Å². The third-order valence-corrected chi connectivity index (χ3v) is 2.30. The number of carbonyl (C=O) groups is 2. The van der Waals surface area contributed by atoms with Gasteiger partial charge in [-0.3, -0.25) is 14.9 Å². The average molecular weight is 271 g/mol. The van der Waals surface area contributed by atoms with Gasteiger partial charge in [0.25, 0.3) is 5.69 Å². The lowest BCUT2D eigenvalue weighted by atomic mass is 10.1. The number of rotatable bonds is 5. The second-order valence-electron chi connectivity index (χ2n) is 3.71. The molecule has 0 aliphatic carbocycles. The molecule has 0 aliphatic heterocycles. The van der Waals surface area contributed by atoms with E-state index < -0.39 is 33.9 Å². The molecule has 0 saturated heterocycles. The number of nitro groups is 1. The zero-order chi connectivity index (χ0) is 14.7. The van der Waals surface area contributed by atoms with Crippen LogP contribution >= 0.6 is 0 Å². The summed E-state index contributed by atoms with van der Waals surface area (Å²) in [4.78, 5) is 32.5. The number of carbonyl (C=O) groups excluding carboxylic acids is 1. The number of benzene rings is 1. The van der Waals surface area contributed by atoms with Crippen molar-refractivity contribution in [1.29, 1.82) is 0 Å². The average Bonchev–Trinajstić information content (AvgIpc) is 2.26. The summed E-state index contributed by atoms with van der Waals surface area (Å²) in [5.74, 6) is -3.52. The first kappa shape index (κ1) is 14.4. The van der Waals surface area contributed by atoms with Gasteiger partial charge >= 0.3 is 5.97 Å². The highest BCUT2D eigenvalue weighted by Gasteiger charge is 2.24. The molecular weight excluding hydrogens is 261 g/mol. The van der Waals surface area contributed by atoms with E-state index in [9.17, 15) is 24.1 Å². The van der Waals surface area contributed by atoms with Crippen LogP contribution in [0.25, 0.3) is 0 Å². The number of hydrogen-bond acceptors (Lipinski definition) is 5. The number of aromatic carboxylic acids is 1. The lowest BCUT2D eigenvalue weighted by Gasteiger charge is -2.17. The maximum atomic E-state index is 13.5. The molecule has 8 nitrogen and oxygen atoms in total. The predicted octanol–water partition coefficient (Wildman–Crippen LogP) is 0.354. The Bertz CT molecular complexity index is 560. The summed E-state index contributed by atoms with van der Waals surface area (Å²) in [7, 11) is 1.30. The van der Waals surface area contributed by atoms with Gasteiger partial charge in [-0.15, -0.1) is 0 Å². The second kappa shape index (κ2) is 5.29. The molecule has 9 heteroatoms. The van der Waals surface area contributed by atoms with E-state index in [0.717, 1.165) is 4.90 Å². The summed E-state index contributed by atoms with van der Waals surface area (Å²) >= 11 is 0. The Morgan fingerprint density at radius 3 is 2.53 bits per heavy atom. The van der Waals surface area contributed by atoms with Gasteiger partial charge in [0.15, 0.2) is 0 Å². The fraction of sp³-hybridized carbons (Fsp3) is 0.200. The highest BCUT2D eigenvalue weighted by molar-refractivity contribution is 5.90. The molecule has 19 heavy (non-hydrogen) atoms. The van der Waals surface area contributed by atoms with Crippen molar-refractivity contribution in [3.05, 3.63) is 33.6 Å². The number of hydrogen-bond donors (Lipinski definition) is 2. The number of nitrogens with zero attached hydrogens (tertiary/aromatic N) is 2. The molecule has 0 bridgehead atoms. The van der Waals surface area contributed by atoms with Crippen molar-refractivity contribution in [2.45, 2.75) is 0 Å². The molecule has 0 aromatic heterocycles. The fourth-order valence-electron chi connectivity index (χ4n) is 1.49. The van der Waals surface area contributed by atoms with Gasteiger partial charge in [0, 0.05) is 19.2 Å². The molecule has 0 atom stereocenters. The second-order valence-corrected chi connectivity index (χ2v) is 3.71. The molecule has 0 saturated carbocycles. The Morgan fingerprint density at radius 2 is 2.11 bits per heavy atom. The molecule has 0 fully saturated rings. The number of anilines is 1. The summed E-state index contributed by atoms with van der Waals surface area (Å²) in [6, 6.07) is 1.29. The van der Waals surface area contributed by atoms with Gasteiger partial charge in [-0.1, -0.05) is 0 Å².